The second-order valence-corrected chi connectivity index (χ2v) is 4.92. The Hall–Kier alpha value is -2.13. The van der Waals surface area contributed by atoms with Gasteiger partial charge in [0.05, 0.1) is 34.8 Å². The minimum atomic E-state index is -0.484. The van der Waals surface area contributed by atoms with E-state index in [0.717, 1.165) is 32.0 Å². The number of rotatable bonds is 2. The molecule has 0 atom stereocenters. The Morgan fingerprint density at radius 3 is 2.58 bits per heavy atom. The maximum atomic E-state index is 10.7. The smallest absolute Gasteiger partial charge is 0.270 e. The second-order valence-electron chi connectivity index (χ2n) is 4.92. The molecule has 0 radical (unpaired) electrons. The van der Waals surface area contributed by atoms with Crippen LogP contribution in [0.15, 0.2) is 18.2 Å². The Morgan fingerprint density at radius 1 is 1.42 bits per heavy atom. The highest BCUT2D eigenvalue weighted by Crippen LogP contribution is 2.41. The summed E-state index contributed by atoms with van der Waals surface area (Å²) in [4.78, 5) is 12.2. The first kappa shape index (κ1) is 13.3. The van der Waals surface area contributed by atoms with Crippen LogP contribution in [0.1, 0.15) is 13.0 Å². The largest absolute Gasteiger partial charge is 0.380 e. The van der Waals surface area contributed by atoms with Crippen molar-refractivity contribution in [2.75, 3.05) is 31.2 Å². The molecule has 6 nitrogen and oxygen atoms in total. The van der Waals surface area contributed by atoms with E-state index in [4.69, 9.17) is 10.00 Å². The van der Waals surface area contributed by atoms with Crippen LogP contribution in [0, 0.1) is 26.9 Å². The summed E-state index contributed by atoms with van der Waals surface area (Å²) in [6.07, 6.45) is 0. The number of benzene rings is 1. The zero-order valence-corrected chi connectivity index (χ0v) is 9.63. The van der Waals surface area contributed by atoms with Crippen molar-refractivity contribution in [3.05, 3.63) is 33.9 Å². The van der Waals surface area contributed by atoms with Crippen molar-refractivity contribution in [3.8, 4) is 6.07 Å². The van der Waals surface area contributed by atoms with Crippen molar-refractivity contribution >= 4 is 11.4 Å². The molecule has 19 heavy (non-hydrogen) atoms. The van der Waals surface area contributed by atoms with Gasteiger partial charge in [-0.2, -0.15) is 5.26 Å². The molecule has 2 aliphatic rings. The summed E-state index contributed by atoms with van der Waals surface area (Å²) in [6, 6.07) is 6.46. The summed E-state index contributed by atoms with van der Waals surface area (Å²) < 4.78 is 5.19. The lowest BCUT2D eigenvalue weighted by Gasteiger charge is -2.56. The molecule has 2 fully saturated rings. The number of nitriles is 1. The summed E-state index contributed by atoms with van der Waals surface area (Å²) in [5.74, 6) is 0. The lowest BCUT2D eigenvalue weighted by molar-refractivity contribution is -0.384. The predicted molar refractivity (Wildman–Crippen MR) is 70.0 cm³/mol. The van der Waals surface area contributed by atoms with Gasteiger partial charge < -0.3 is 9.64 Å². The van der Waals surface area contributed by atoms with Gasteiger partial charge in [-0.3, -0.25) is 10.1 Å². The van der Waals surface area contributed by atoms with Crippen LogP contribution in [-0.4, -0.2) is 31.2 Å². The molecular weight excluding hydrogens is 246 g/mol. The number of nitrogens with zero attached hydrogens (tertiary/aromatic N) is 3. The van der Waals surface area contributed by atoms with Gasteiger partial charge in [-0.05, 0) is 6.07 Å². The van der Waals surface area contributed by atoms with Crippen molar-refractivity contribution in [2.45, 2.75) is 7.43 Å². The van der Waals surface area contributed by atoms with E-state index >= 15 is 0 Å². The van der Waals surface area contributed by atoms with Gasteiger partial charge in [0.1, 0.15) is 6.07 Å². The highest BCUT2D eigenvalue weighted by Gasteiger charge is 2.49. The lowest BCUT2D eigenvalue weighted by atomic mass is 9.77. The van der Waals surface area contributed by atoms with Crippen LogP contribution in [0.4, 0.5) is 11.4 Å². The second kappa shape index (κ2) is 4.52. The molecule has 2 heterocycles. The van der Waals surface area contributed by atoms with Crippen molar-refractivity contribution in [2.24, 2.45) is 5.41 Å². The fraction of sp³-hybridized carbons (Fsp3) is 0.462. The molecule has 1 spiro atoms. The monoisotopic (exact) mass is 261 g/mol. The molecule has 0 bridgehead atoms. The highest BCUT2D eigenvalue weighted by atomic mass is 16.6. The van der Waals surface area contributed by atoms with Crippen LogP contribution in [-0.2, 0) is 4.74 Å². The average molecular weight is 261 g/mol. The molecule has 0 unspecified atom stereocenters. The zero-order valence-electron chi connectivity index (χ0n) is 9.63. The minimum absolute atomic E-state index is 0. The van der Waals surface area contributed by atoms with E-state index in [2.05, 4.69) is 4.90 Å². The number of ether oxygens (including phenoxy) is 1. The average Bonchev–Trinajstić information content (AvgIpc) is 2.25. The van der Waals surface area contributed by atoms with Crippen LogP contribution >= 0.6 is 0 Å². The number of nitro groups is 1. The molecule has 1 aromatic carbocycles. The normalized spacial score (nSPS) is 18.8. The minimum Gasteiger partial charge on any atom is -0.380 e. The molecule has 6 heteroatoms. The summed E-state index contributed by atoms with van der Waals surface area (Å²) in [7, 11) is 0. The molecule has 0 N–H and O–H groups in total. The van der Waals surface area contributed by atoms with Crippen molar-refractivity contribution in [3.63, 3.8) is 0 Å². The van der Waals surface area contributed by atoms with E-state index in [1.165, 1.54) is 12.1 Å². The van der Waals surface area contributed by atoms with Crippen molar-refractivity contribution in [1.82, 2.24) is 0 Å². The molecule has 2 saturated heterocycles. The van der Waals surface area contributed by atoms with E-state index in [1.54, 1.807) is 6.07 Å². The zero-order chi connectivity index (χ0) is 12.8. The molecule has 0 aliphatic carbocycles. The molecule has 3 rings (SSSR count). The van der Waals surface area contributed by atoms with Crippen LogP contribution in [0.3, 0.4) is 0 Å². The van der Waals surface area contributed by atoms with Gasteiger partial charge in [0, 0.05) is 25.2 Å². The lowest BCUT2D eigenvalue weighted by Crippen LogP contribution is -2.66. The third-order valence-electron chi connectivity index (χ3n) is 3.52. The van der Waals surface area contributed by atoms with Gasteiger partial charge >= 0.3 is 0 Å². The Labute approximate surface area is 111 Å². The predicted octanol–water partition coefficient (Wildman–Crippen LogP) is 1.94. The first-order chi connectivity index (χ1) is 8.63. The number of nitro benzene ring substituents is 1. The molecule has 0 amide bonds. The summed E-state index contributed by atoms with van der Waals surface area (Å²) in [5.41, 5.74) is 1.35. The molecular formula is C13H15N3O3. The van der Waals surface area contributed by atoms with E-state index in [9.17, 15) is 10.1 Å². The topological polar surface area (TPSA) is 79.4 Å². The van der Waals surface area contributed by atoms with Gasteiger partial charge in [0.25, 0.3) is 5.69 Å². The third-order valence-corrected chi connectivity index (χ3v) is 3.52. The van der Waals surface area contributed by atoms with Gasteiger partial charge in [0.15, 0.2) is 0 Å². The maximum Gasteiger partial charge on any atom is 0.270 e. The van der Waals surface area contributed by atoms with E-state index in [0.29, 0.717) is 5.56 Å². The number of hydrogen-bond donors (Lipinski definition) is 0. The molecule has 1 aromatic rings. The van der Waals surface area contributed by atoms with Crippen molar-refractivity contribution < 1.29 is 9.66 Å². The highest BCUT2D eigenvalue weighted by molar-refractivity contribution is 5.64. The Kier molecular flexibility index (Phi) is 3.16. The Morgan fingerprint density at radius 2 is 2.11 bits per heavy atom. The van der Waals surface area contributed by atoms with E-state index in [-0.39, 0.29) is 18.5 Å². The first-order valence-corrected chi connectivity index (χ1v) is 5.65. The van der Waals surface area contributed by atoms with E-state index in [1.807, 2.05) is 6.07 Å². The van der Waals surface area contributed by atoms with Crippen LogP contribution in [0.2, 0.25) is 0 Å². The fourth-order valence-electron chi connectivity index (χ4n) is 2.51. The van der Waals surface area contributed by atoms with Gasteiger partial charge in [-0.15, -0.1) is 0 Å². The quantitative estimate of drug-likeness (QED) is 0.600. The maximum absolute atomic E-state index is 10.7. The van der Waals surface area contributed by atoms with Crippen LogP contribution in [0.25, 0.3) is 0 Å². The Balaban J connectivity index is 0.00000133. The van der Waals surface area contributed by atoms with Crippen LogP contribution < -0.4 is 4.90 Å². The molecule has 0 saturated carbocycles. The molecule has 2 aliphatic heterocycles. The van der Waals surface area contributed by atoms with Gasteiger partial charge in [0.2, 0.25) is 0 Å². The Bertz CT molecular complexity index is 553. The summed E-state index contributed by atoms with van der Waals surface area (Å²) in [6.45, 7) is 3.27. The first-order valence-electron chi connectivity index (χ1n) is 5.65. The van der Waals surface area contributed by atoms with E-state index < -0.39 is 4.92 Å². The fourth-order valence-corrected chi connectivity index (χ4v) is 2.51. The summed E-state index contributed by atoms with van der Waals surface area (Å²) in [5, 5.41) is 19.7. The van der Waals surface area contributed by atoms with Gasteiger partial charge in [-0.1, -0.05) is 7.43 Å². The standard InChI is InChI=1S/C12H11N3O3.CH4/c13-4-9-3-10(15(16)17)1-2-11(9)14-5-12(6-14)7-18-8-12;/h1-3H,5-8H2;1H4. The third kappa shape index (κ3) is 2.02. The number of anilines is 1. The van der Waals surface area contributed by atoms with Crippen molar-refractivity contribution in [1.29, 1.82) is 5.26 Å². The number of hydrogen-bond acceptors (Lipinski definition) is 5. The summed E-state index contributed by atoms with van der Waals surface area (Å²) >= 11 is 0. The SMILES string of the molecule is C.N#Cc1cc([N+](=O)[O-])ccc1N1CC2(COC2)C1. The van der Waals surface area contributed by atoms with Gasteiger partial charge in [-0.25, -0.2) is 0 Å². The molecule has 100 valence electrons. The number of non-ortho nitro benzene ring substituents is 1. The van der Waals surface area contributed by atoms with Crippen LogP contribution in [0.5, 0.6) is 0 Å². The molecule has 0 aromatic heterocycles.